The van der Waals surface area contributed by atoms with Crippen LogP contribution in [0.4, 0.5) is 30.6 Å². The van der Waals surface area contributed by atoms with Crippen molar-refractivity contribution in [3.63, 3.8) is 0 Å². The van der Waals surface area contributed by atoms with Gasteiger partial charge in [0, 0.05) is 31.2 Å². The Bertz CT molecular complexity index is 1280. The lowest BCUT2D eigenvalue weighted by atomic mass is 9.80. The Balaban J connectivity index is 1.23. The first-order valence-electron chi connectivity index (χ1n) is 11.6. The maximum Gasteiger partial charge on any atom is 0.433 e. The molecular weight excluding hydrogens is 461 g/mol. The zero-order chi connectivity index (χ0) is 25.1. The molecule has 0 aromatic carbocycles. The summed E-state index contributed by atoms with van der Waals surface area (Å²) in [5, 5.41) is 11.1. The van der Waals surface area contributed by atoms with Gasteiger partial charge in [0.25, 0.3) is 0 Å². The van der Waals surface area contributed by atoms with Gasteiger partial charge >= 0.3 is 6.18 Å². The number of nitrogens with one attached hydrogen (secondary N) is 2. The Morgan fingerprint density at radius 1 is 1.26 bits per heavy atom. The fourth-order valence-corrected chi connectivity index (χ4v) is 4.96. The van der Waals surface area contributed by atoms with Gasteiger partial charge in [0.1, 0.15) is 22.9 Å². The molecule has 12 heteroatoms. The third-order valence-electron chi connectivity index (χ3n) is 6.71. The smallest absolute Gasteiger partial charge is 0.351 e. The van der Waals surface area contributed by atoms with Crippen molar-refractivity contribution in [2.24, 2.45) is 11.8 Å². The van der Waals surface area contributed by atoms with E-state index in [2.05, 4.69) is 30.7 Å². The summed E-state index contributed by atoms with van der Waals surface area (Å²) in [7, 11) is 1.87. The summed E-state index contributed by atoms with van der Waals surface area (Å²) >= 11 is 0. The SMILES string of the molecule is Cc1nc(NC2CC(Cn3cc4cc(C(F)(F)F)ncc4n3)C2)nc2c1NC(=O)[C@H](C(C)C)N2C. The van der Waals surface area contributed by atoms with Crippen LogP contribution in [0, 0.1) is 18.8 Å². The molecule has 9 nitrogen and oxygen atoms in total. The molecule has 0 spiro atoms. The molecule has 1 saturated carbocycles. The fourth-order valence-electron chi connectivity index (χ4n) is 4.96. The van der Waals surface area contributed by atoms with Gasteiger partial charge in [-0.25, -0.2) is 9.97 Å². The van der Waals surface area contributed by atoms with E-state index in [-0.39, 0.29) is 23.9 Å². The van der Waals surface area contributed by atoms with Gasteiger partial charge in [-0.15, -0.1) is 0 Å². The fraction of sp³-hybridized carbons (Fsp3) is 0.522. The first-order chi connectivity index (χ1) is 16.5. The molecule has 3 aromatic rings. The maximum absolute atomic E-state index is 12.9. The zero-order valence-electron chi connectivity index (χ0n) is 19.9. The van der Waals surface area contributed by atoms with Crippen molar-refractivity contribution >= 4 is 34.3 Å². The van der Waals surface area contributed by atoms with Gasteiger partial charge in [0.05, 0.1) is 11.9 Å². The second-order valence-corrected chi connectivity index (χ2v) is 9.78. The molecule has 3 aromatic heterocycles. The van der Waals surface area contributed by atoms with Crippen molar-refractivity contribution in [2.75, 3.05) is 22.6 Å². The molecule has 1 fully saturated rings. The van der Waals surface area contributed by atoms with Gasteiger partial charge in [-0.05, 0) is 37.7 Å². The standard InChI is InChI=1S/C23H27F3N8O/c1-11(2)19-21(35)30-18-12(3)28-22(31-20(18)33(19)4)29-15-5-13(6-15)9-34-10-14-7-17(23(24,25)26)27-8-16(14)32-34/h7-8,10-11,13,15,19H,5-6,9H2,1-4H3,(H,30,35)(H,28,29,31)/t13?,15?,19-/m0/s1. The number of nitrogens with zero attached hydrogens (tertiary/aromatic N) is 6. The van der Waals surface area contributed by atoms with Gasteiger partial charge < -0.3 is 15.5 Å². The molecule has 1 aliphatic carbocycles. The highest BCUT2D eigenvalue weighted by atomic mass is 19.4. The average molecular weight is 489 g/mol. The molecule has 0 radical (unpaired) electrons. The molecule has 0 unspecified atom stereocenters. The monoisotopic (exact) mass is 488 g/mol. The Morgan fingerprint density at radius 3 is 2.69 bits per heavy atom. The molecule has 1 aliphatic heterocycles. The zero-order valence-corrected chi connectivity index (χ0v) is 19.9. The maximum atomic E-state index is 12.9. The first-order valence-corrected chi connectivity index (χ1v) is 11.6. The minimum absolute atomic E-state index is 0.0547. The van der Waals surface area contributed by atoms with Gasteiger partial charge in [-0.3, -0.25) is 9.48 Å². The Hall–Kier alpha value is -3.44. The number of aryl methyl sites for hydroxylation is 1. The third kappa shape index (κ3) is 4.37. The molecule has 5 rings (SSSR count). The lowest BCUT2D eigenvalue weighted by Gasteiger charge is -2.38. The van der Waals surface area contributed by atoms with Crippen molar-refractivity contribution < 1.29 is 18.0 Å². The number of anilines is 3. The number of carbonyl (C=O) groups excluding carboxylic acids is 1. The highest BCUT2D eigenvalue weighted by Crippen LogP contribution is 2.36. The van der Waals surface area contributed by atoms with Crippen molar-refractivity contribution in [3.8, 4) is 0 Å². The highest BCUT2D eigenvalue weighted by molar-refractivity contribution is 6.03. The van der Waals surface area contributed by atoms with Gasteiger partial charge in [0.2, 0.25) is 11.9 Å². The summed E-state index contributed by atoms with van der Waals surface area (Å²) in [4.78, 5) is 27.1. The number of fused-ring (bicyclic) bond motifs is 2. The van der Waals surface area contributed by atoms with Gasteiger partial charge in [-0.2, -0.15) is 23.3 Å². The molecular formula is C23H27F3N8O. The van der Waals surface area contributed by atoms with Gasteiger partial charge in [0.15, 0.2) is 5.82 Å². The lowest BCUT2D eigenvalue weighted by Crippen LogP contribution is -2.50. The number of aromatic nitrogens is 5. The van der Waals surface area contributed by atoms with Crippen LogP contribution in [0.3, 0.4) is 0 Å². The summed E-state index contributed by atoms with van der Waals surface area (Å²) in [5.74, 6) is 1.63. The minimum atomic E-state index is -4.48. The summed E-state index contributed by atoms with van der Waals surface area (Å²) in [6.07, 6.45) is 0.0549. The van der Waals surface area contributed by atoms with Crippen LogP contribution in [-0.2, 0) is 17.5 Å². The number of pyridine rings is 1. The third-order valence-corrected chi connectivity index (χ3v) is 6.71. The Kier molecular flexibility index (Phi) is 5.56. The van der Waals surface area contributed by atoms with Crippen molar-refractivity contribution in [1.29, 1.82) is 0 Å². The van der Waals surface area contributed by atoms with Crippen molar-refractivity contribution in [2.45, 2.75) is 58.4 Å². The summed E-state index contributed by atoms with van der Waals surface area (Å²) in [6, 6.07) is 0.915. The molecule has 186 valence electrons. The second-order valence-electron chi connectivity index (χ2n) is 9.78. The first kappa shape index (κ1) is 23.3. The van der Waals surface area contributed by atoms with Crippen molar-refractivity contribution in [1.82, 2.24) is 24.7 Å². The number of halogens is 3. The number of amides is 1. The van der Waals surface area contributed by atoms with Crippen LogP contribution < -0.4 is 15.5 Å². The van der Waals surface area contributed by atoms with E-state index in [0.717, 1.165) is 18.9 Å². The van der Waals surface area contributed by atoms with Crippen LogP contribution >= 0.6 is 0 Å². The highest BCUT2D eigenvalue weighted by Gasteiger charge is 2.36. The van der Waals surface area contributed by atoms with E-state index >= 15 is 0 Å². The number of likely N-dealkylation sites (N-methyl/N-ethyl adjacent to an activating group) is 1. The number of hydrogen-bond acceptors (Lipinski definition) is 7. The number of hydrogen-bond donors (Lipinski definition) is 2. The van der Waals surface area contributed by atoms with Crippen molar-refractivity contribution in [3.05, 3.63) is 29.8 Å². The van der Waals surface area contributed by atoms with E-state index in [9.17, 15) is 18.0 Å². The molecule has 2 N–H and O–H groups in total. The molecule has 1 amide bonds. The van der Waals surface area contributed by atoms with Gasteiger partial charge in [-0.1, -0.05) is 13.8 Å². The van der Waals surface area contributed by atoms with Crippen LogP contribution in [0.25, 0.3) is 10.9 Å². The van der Waals surface area contributed by atoms with Crippen LogP contribution in [0.1, 0.15) is 38.1 Å². The number of rotatable bonds is 5. The van der Waals surface area contributed by atoms with E-state index < -0.39 is 11.9 Å². The van der Waals surface area contributed by atoms with E-state index in [4.69, 9.17) is 0 Å². The largest absolute Gasteiger partial charge is 0.433 e. The molecule has 0 saturated heterocycles. The van der Waals surface area contributed by atoms with Crippen LogP contribution in [0.15, 0.2) is 18.5 Å². The Labute approximate surface area is 200 Å². The van der Waals surface area contributed by atoms with E-state index in [1.54, 1.807) is 10.9 Å². The summed E-state index contributed by atoms with van der Waals surface area (Å²) in [6.45, 7) is 6.47. The quantitative estimate of drug-likeness (QED) is 0.563. The molecule has 4 heterocycles. The molecule has 2 aliphatic rings. The second kappa shape index (κ2) is 8.35. The average Bonchev–Trinajstić information content (AvgIpc) is 3.14. The van der Waals surface area contributed by atoms with Crippen LogP contribution in [-0.4, -0.2) is 49.8 Å². The minimum Gasteiger partial charge on any atom is -0.351 e. The molecule has 0 bridgehead atoms. The van der Waals surface area contributed by atoms with Crippen LogP contribution in [0.5, 0.6) is 0 Å². The molecule has 1 atom stereocenters. The summed E-state index contributed by atoms with van der Waals surface area (Å²) < 4.78 is 40.4. The number of alkyl halides is 3. The normalized spacial score (nSPS) is 22.2. The topological polar surface area (TPSA) is 101 Å². The van der Waals surface area contributed by atoms with E-state index in [1.165, 1.54) is 6.20 Å². The number of carbonyl (C=O) groups is 1. The summed E-state index contributed by atoms with van der Waals surface area (Å²) in [5.41, 5.74) is 0.870. The van der Waals surface area contributed by atoms with E-state index in [1.807, 2.05) is 32.7 Å². The van der Waals surface area contributed by atoms with Crippen LogP contribution in [0.2, 0.25) is 0 Å². The lowest BCUT2D eigenvalue weighted by molar-refractivity contribution is -0.141. The predicted octanol–water partition coefficient (Wildman–Crippen LogP) is 3.85. The predicted molar refractivity (Wildman–Crippen MR) is 125 cm³/mol. The molecule has 35 heavy (non-hydrogen) atoms. The van der Waals surface area contributed by atoms with E-state index in [0.29, 0.717) is 46.5 Å². The Morgan fingerprint density at radius 2 is 2.00 bits per heavy atom.